The number of benzene rings is 3. The van der Waals surface area contributed by atoms with Gasteiger partial charge in [-0.3, -0.25) is 14.4 Å². The van der Waals surface area contributed by atoms with E-state index in [-0.39, 0.29) is 24.6 Å². The predicted molar refractivity (Wildman–Crippen MR) is 134 cm³/mol. The zero-order chi connectivity index (χ0) is 25.0. The van der Waals surface area contributed by atoms with Gasteiger partial charge in [-0.05, 0) is 54.8 Å². The van der Waals surface area contributed by atoms with Crippen molar-refractivity contribution in [3.63, 3.8) is 0 Å². The topological polar surface area (TPSA) is 109 Å². The summed E-state index contributed by atoms with van der Waals surface area (Å²) in [5.74, 6) is -1.35. The third-order valence-corrected chi connectivity index (χ3v) is 5.16. The SMILES string of the molecule is CC(NC(=O)COc1ccc(/C=N/NC(=O)C(=O)NC(C)c2ccccc2)cc1)c1ccccc1. The van der Waals surface area contributed by atoms with Crippen LogP contribution in [0.15, 0.2) is 90.0 Å². The van der Waals surface area contributed by atoms with Crippen LogP contribution in [0.2, 0.25) is 0 Å². The number of nitrogens with one attached hydrogen (secondary N) is 3. The van der Waals surface area contributed by atoms with Gasteiger partial charge in [-0.1, -0.05) is 60.7 Å². The van der Waals surface area contributed by atoms with Gasteiger partial charge in [-0.15, -0.1) is 0 Å². The van der Waals surface area contributed by atoms with E-state index >= 15 is 0 Å². The standard InChI is InChI=1S/C27H28N4O4/c1-19(22-9-5-3-6-10-22)29-25(32)18-35-24-15-13-21(14-16-24)17-28-31-27(34)26(33)30-20(2)23-11-7-4-8-12-23/h3-17,19-20H,18H2,1-2H3,(H,29,32)(H,30,33)(H,31,34)/b28-17+. The summed E-state index contributed by atoms with van der Waals surface area (Å²) in [5.41, 5.74) is 4.79. The van der Waals surface area contributed by atoms with Crippen molar-refractivity contribution in [2.24, 2.45) is 5.10 Å². The Hall–Kier alpha value is -4.46. The van der Waals surface area contributed by atoms with E-state index in [1.165, 1.54) is 6.21 Å². The highest BCUT2D eigenvalue weighted by atomic mass is 16.5. The maximum Gasteiger partial charge on any atom is 0.329 e. The number of hydrogen-bond donors (Lipinski definition) is 3. The molecule has 0 bridgehead atoms. The Morgan fingerprint density at radius 3 is 1.89 bits per heavy atom. The molecular formula is C27H28N4O4. The summed E-state index contributed by atoms with van der Waals surface area (Å²) in [5, 5.41) is 9.33. The lowest BCUT2D eigenvalue weighted by Crippen LogP contribution is -2.39. The fraction of sp³-hybridized carbons (Fsp3) is 0.185. The van der Waals surface area contributed by atoms with Crippen LogP contribution in [0.1, 0.15) is 42.6 Å². The molecule has 3 amide bonds. The Morgan fingerprint density at radius 1 is 0.771 bits per heavy atom. The Balaban J connectivity index is 1.40. The molecule has 3 rings (SSSR count). The minimum Gasteiger partial charge on any atom is -0.484 e. The van der Waals surface area contributed by atoms with Crippen LogP contribution in [-0.4, -0.2) is 30.5 Å². The van der Waals surface area contributed by atoms with Gasteiger partial charge in [0.25, 0.3) is 5.91 Å². The fourth-order valence-corrected chi connectivity index (χ4v) is 3.21. The van der Waals surface area contributed by atoms with Gasteiger partial charge in [0.15, 0.2) is 6.61 Å². The van der Waals surface area contributed by atoms with Gasteiger partial charge in [0.2, 0.25) is 0 Å². The van der Waals surface area contributed by atoms with Gasteiger partial charge in [0, 0.05) is 0 Å². The summed E-state index contributed by atoms with van der Waals surface area (Å²) >= 11 is 0. The van der Waals surface area contributed by atoms with E-state index in [2.05, 4.69) is 21.2 Å². The molecular weight excluding hydrogens is 444 g/mol. The minimum atomic E-state index is -0.861. The zero-order valence-electron chi connectivity index (χ0n) is 19.6. The van der Waals surface area contributed by atoms with E-state index in [4.69, 9.17) is 4.74 Å². The van der Waals surface area contributed by atoms with Crippen molar-refractivity contribution in [3.8, 4) is 5.75 Å². The van der Waals surface area contributed by atoms with Gasteiger partial charge < -0.3 is 15.4 Å². The quantitative estimate of drug-likeness (QED) is 0.252. The van der Waals surface area contributed by atoms with Crippen LogP contribution in [-0.2, 0) is 14.4 Å². The van der Waals surface area contributed by atoms with E-state index in [0.29, 0.717) is 11.3 Å². The van der Waals surface area contributed by atoms with Gasteiger partial charge in [0.05, 0.1) is 18.3 Å². The molecule has 0 radical (unpaired) electrons. The molecule has 0 aliphatic rings. The van der Waals surface area contributed by atoms with Crippen molar-refractivity contribution < 1.29 is 19.1 Å². The lowest BCUT2D eigenvalue weighted by atomic mass is 10.1. The highest BCUT2D eigenvalue weighted by molar-refractivity contribution is 6.35. The molecule has 0 fully saturated rings. The fourth-order valence-electron chi connectivity index (χ4n) is 3.21. The first kappa shape index (κ1) is 25.2. The molecule has 0 aromatic heterocycles. The molecule has 3 aromatic carbocycles. The molecule has 0 saturated carbocycles. The summed E-state index contributed by atoms with van der Waals surface area (Å²) in [4.78, 5) is 36.2. The highest BCUT2D eigenvalue weighted by Gasteiger charge is 2.16. The van der Waals surface area contributed by atoms with Gasteiger partial charge in [0.1, 0.15) is 5.75 Å². The number of ether oxygens (including phenoxy) is 1. The number of hydrogen-bond acceptors (Lipinski definition) is 5. The van der Waals surface area contributed by atoms with Crippen molar-refractivity contribution in [1.29, 1.82) is 0 Å². The minimum absolute atomic E-state index is 0.114. The predicted octanol–water partition coefficient (Wildman–Crippen LogP) is 3.27. The Kier molecular flexibility index (Phi) is 9.13. The normalized spacial score (nSPS) is 12.4. The second-order valence-electron chi connectivity index (χ2n) is 7.86. The molecule has 2 unspecified atom stereocenters. The first-order valence-electron chi connectivity index (χ1n) is 11.2. The monoisotopic (exact) mass is 472 g/mol. The van der Waals surface area contributed by atoms with Crippen molar-refractivity contribution in [2.75, 3.05) is 6.61 Å². The van der Waals surface area contributed by atoms with E-state index < -0.39 is 11.8 Å². The molecule has 180 valence electrons. The van der Waals surface area contributed by atoms with Gasteiger partial charge >= 0.3 is 11.8 Å². The van der Waals surface area contributed by atoms with Crippen LogP contribution >= 0.6 is 0 Å². The molecule has 0 heterocycles. The Bertz CT molecular complexity index is 1150. The van der Waals surface area contributed by atoms with Gasteiger partial charge in [-0.2, -0.15) is 5.10 Å². The summed E-state index contributed by atoms with van der Waals surface area (Å²) in [7, 11) is 0. The molecule has 0 saturated heterocycles. The van der Waals surface area contributed by atoms with Crippen molar-refractivity contribution in [3.05, 3.63) is 102 Å². The molecule has 35 heavy (non-hydrogen) atoms. The van der Waals surface area contributed by atoms with Crippen LogP contribution in [0, 0.1) is 0 Å². The second kappa shape index (κ2) is 12.7. The van der Waals surface area contributed by atoms with Crippen LogP contribution < -0.4 is 20.8 Å². The lowest BCUT2D eigenvalue weighted by molar-refractivity contribution is -0.139. The largest absolute Gasteiger partial charge is 0.484 e. The van der Waals surface area contributed by atoms with E-state index in [9.17, 15) is 14.4 Å². The highest BCUT2D eigenvalue weighted by Crippen LogP contribution is 2.13. The number of carbonyl (C=O) groups excluding carboxylic acids is 3. The summed E-state index contributed by atoms with van der Waals surface area (Å²) in [6.45, 7) is 3.59. The van der Waals surface area contributed by atoms with Crippen molar-refractivity contribution >= 4 is 23.9 Å². The van der Waals surface area contributed by atoms with E-state index in [1.807, 2.05) is 67.6 Å². The van der Waals surface area contributed by atoms with Crippen molar-refractivity contribution in [1.82, 2.24) is 16.1 Å². The first-order chi connectivity index (χ1) is 16.9. The lowest BCUT2D eigenvalue weighted by Gasteiger charge is -2.14. The molecule has 3 aromatic rings. The molecule has 8 nitrogen and oxygen atoms in total. The smallest absolute Gasteiger partial charge is 0.329 e. The molecule has 0 spiro atoms. The summed E-state index contributed by atoms with van der Waals surface area (Å²) in [6, 6.07) is 25.4. The molecule has 0 aliphatic heterocycles. The second-order valence-corrected chi connectivity index (χ2v) is 7.86. The molecule has 2 atom stereocenters. The third kappa shape index (κ3) is 8.12. The number of hydrazone groups is 1. The van der Waals surface area contributed by atoms with Crippen LogP contribution in [0.5, 0.6) is 5.75 Å². The van der Waals surface area contributed by atoms with Crippen molar-refractivity contribution in [2.45, 2.75) is 25.9 Å². The number of rotatable bonds is 9. The molecule has 3 N–H and O–H groups in total. The van der Waals surface area contributed by atoms with E-state index in [0.717, 1.165) is 11.1 Å². The average molecular weight is 473 g/mol. The van der Waals surface area contributed by atoms with Gasteiger partial charge in [-0.25, -0.2) is 5.43 Å². The maximum absolute atomic E-state index is 12.1. The number of nitrogens with zero attached hydrogens (tertiary/aromatic N) is 1. The number of carbonyl (C=O) groups is 3. The first-order valence-corrected chi connectivity index (χ1v) is 11.2. The summed E-state index contributed by atoms with van der Waals surface area (Å²) < 4.78 is 5.53. The average Bonchev–Trinajstić information content (AvgIpc) is 2.89. The van der Waals surface area contributed by atoms with Crippen LogP contribution in [0.3, 0.4) is 0 Å². The maximum atomic E-state index is 12.1. The van der Waals surface area contributed by atoms with E-state index in [1.54, 1.807) is 31.2 Å². The van der Waals surface area contributed by atoms with Crippen LogP contribution in [0.4, 0.5) is 0 Å². The Morgan fingerprint density at radius 2 is 1.31 bits per heavy atom. The summed E-state index contributed by atoms with van der Waals surface area (Å²) in [6.07, 6.45) is 1.41. The zero-order valence-corrected chi connectivity index (χ0v) is 19.6. The third-order valence-electron chi connectivity index (χ3n) is 5.16. The number of amides is 3. The Labute approximate surface area is 204 Å². The van der Waals surface area contributed by atoms with Crippen LogP contribution in [0.25, 0.3) is 0 Å². The molecule has 0 aliphatic carbocycles. The molecule has 8 heteroatoms.